The first-order chi connectivity index (χ1) is 42.0. The first-order valence-electron chi connectivity index (χ1n) is 23.8. The maximum atomic E-state index is 10.4. The van der Waals surface area contributed by atoms with Crippen molar-refractivity contribution in [2.24, 2.45) is 5.34 Å². The van der Waals surface area contributed by atoms with E-state index < -0.39 is 13.2 Å². The number of H-pyrrole nitrogens is 1. The van der Waals surface area contributed by atoms with Crippen molar-refractivity contribution in [1.29, 1.82) is 0 Å². The van der Waals surface area contributed by atoms with Crippen molar-refractivity contribution >= 4 is 186 Å². The van der Waals surface area contributed by atoms with Crippen LogP contribution in [0.2, 0.25) is 40.4 Å². The molecular weight excluding hydrogens is 1580 g/mol. The molecule has 528 valence electrons. The van der Waals surface area contributed by atoms with E-state index in [0.29, 0.717) is 114 Å². The largest absolute Gasteiger partial charge is 1.00 e. The van der Waals surface area contributed by atoms with E-state index in [4.69, 9.17) is 152 Å². The second kappa shape index (κ2) is 67.5. The topological polar surface area (TPSA) is 420 Å². The van der Waals surface area contributed by atoms with Gasteiger partial charge in [-0.25, -0.2) is 29.9 Å². The second-order valence-corrected chi connectivity index (χ2v) is 21.1. The van der Waals surface area contributed by atoms with Gasteiger partial charge in [0.2, 0.25) is 23.5 Å². The van der Waals surface area contributed by atoms with E-state index in [0.717, 1.165) is 35.9 Å². The van der Waals surface area contributed by atoms with Crippen molar-refractivity contribution < 1.29 is 76.4 Å². The van der Waals surface area contributed by atoms with Crippen LogP contribution in [0.3, 0.4) is 0 Å². The van der Waals surface area contributed by atoms with Gasteiger partial charge in [-0.05, 0) is 71.0 Å². The second-order valence-electron chi connectivity index (χ2n) is 14.2. The summed E-state index contributed by atoms with van der Waals surface area (Å²) in [5.41, 5.74) is 11.7. The number of nitro groups is 1. The third kappa shape index (κ3) is 63.5. The van der Waals surface area contributed by atoms with Crippen molar-refractivity contribution in [3.05, 3.63) is 211 Å². The third-order valence-electron chi connectivity index (χ3n) is 7.79. The van der Waals surface area contributed by atoms with E-state index in [2.05, 4.69) is 78.0 Å². The number of hydrogen-bond acceptors (Lipinski definition) is 24. The molecule has 0 atom stereocenters. The van der Waals surface area contributed by atoms with E-state index in [1.54, 1.807) is 85.5 Å². The monoisotopic (exact) mass is 1640 g/mol. The van der Waals surface area contributed by atoms with E-state index in [9.17, 15) is 20.1 Å². The summed E-state index contributed by atoms with van der Waals surface area (Å²) >= 11 is 44.6. The Balaban J connectivity index is -0.000000124. The quantitative estimate of drug-likeness (QED) is 0.0117. The Labute approximate surface area is 642 Å². The zero-order valence-corrected chi connectivity index (χ0v) is 62.7. The molecule has 0 spiro atoms. The molecule has 0 aliphatic rings. The summed E-state index contributed by atoms with van der Waals surface area (Å²) in [5, 5.41) is 41.8. The standard InChI is InChI=1S/C9H12ClNO2.C7H7Cl2NO.C7H8ClNO.C7H10N2O.C5H3Cl2N.C5H5ClN2.C5H4ClNO2.C5H4N2O3.2CH4.Cl2O2S.Cl2.2ClH.HNO2.H3N.Na/c1-3-12-8-5-9(13-4-2)11-6-7(8)10;1-2-11-7-3-5(8)6(9)4-10-7;2*1-2-10-7-5-6(8)3-4-9-7;6-4-1-2-8-5(7)3-4;6-5-3-4(7)1-2-8-5;6-3-2-7-5(9)1-4(3)8;8-6-3-1-5(2-4-6)7(9)10;;;1-5(2,3)4;1-2;;;2-1-3;;/h5-6H,3-4H2,1-2H3;3-4H,2H2,1H3;3-5H,2H2,1H3;3-5H,2H2,1H3,(H2,8,9);1-3H;1-3H,(H2,7,8);1-2H,(H2,7,8,9);1-4H;2*1H4;;;2*1H;(H,2,3);1H3;/q;;;;;;;;;;;;;;;;+1/p-1. The van der Waals surface area contributed by atoms with Gasteiger partial charge in [0, 0.05) is 126 Å². The van der Waals surface area contributed by atoms with E-state index in [1.807, 2.05) is 34.6 Å². The summed E-state index contributed by atoms with van der Waals surface area (Å²) in [7, 11) is 13.0. The molecule has 8 rings (SSSR count). The van der Waals surface area contributed by atoms with Gasteiger partial charge in [-0.1, -0.05) is 108 Å². The number of pyridine rings is 8. The minimum atomic E-state index is -3.72. The molecule has 8 heterocycles. The van der Waals surface area contributed by atoms with Gasteiger partial charge in [0.1, 0.15) is 26.8 Å². The molecule has 0 aromatic carbocycles. The number of aromatic hydroxyl groups is 1. The van der Waals surface area contributed by atoms with Gasteiger partial charge < -0.3 is 66.7 Å². The Hall–Kier alpha value is -5.03. The Morgan fingerprint density at radius 1 is 0.589 bits per heavy atom. The molecule has 0 aliphatic carbocycles. The molecule has 0 fully saturated rings. The maximum absolute atomic E-state index is 10.4. The van der Waals surface area contributed by atoms with Gasteiger partial charge in [0.15, 0.2) is 12.4 Å². The number of ether oxygens (including phenoxy) is 5. The van der Waals surface area contributed by atoms with Crippen molar-refractivity contribution in [2.45, 2.75) is 49.5 Å². The smallest absolute Gasteiger partial charge is 0.619 e. The van der Waals surface area contributed by atoms with Crippen LogP contribution in [-0.4, -0.2) is 86.4 Å². The number of nitrogens with one attached hydrogen (secondary N) is 1. The number of nitrogens with zero attached hydrogens (tertiary/aromatic N) is 9. The number of aromatic nitrogens is 8. The molecule has 0 aliphatic heterocycles. The summed E-state index contributed by atoms with van der Waals surface area (Å²) < 4.78 is 44.6. The van der Waals surface area contributed by atoms with Crippen LogP contribution in [0.5, 0.6) is 35.0 Å². The summed E-state index contributed by atoms with van der Waals surface area (Å²) in [6, 6.07) is 20.0. The van der Waals surface area contributed by atoms with Gasteiger partial charge >= 0.3 is 37.8 Å². The van der Waals surface area contributed by atoms with Crippen LogP contribution in [0, 0.1) is 25.4 Å². The number of anilines is 2. The predicted octanol–water partition coefficient (Wildman–Crippen LogP) is 14.8. The first-order valence-corrected chi connectivity index (χ1v) is 31.1. The average molecular weight is 1650 g/mol. The van der Waals surface area contributed by atoms with Crippen LogP contribution in [0.4, 0.5) is 17.1 Å². The molecule has 0 bridgehead atoms. The summed E-state index contributed by atoms with van der Waals surface area (Å²) in [6.45, 7) is 12.5. The summed E-state index contributed by atoms with van der Waals surface area (Å²) in [4.78, 5) is 53.3. The van der Waals surface area contributed by atoms with Crippen LogP contribution in [-0.2, 0) is 8.26 Å². The molecule has 8 aromatic rings. The maximum Gasteiger partial charge on any atom is 1.00 e. The minimum Gasteiger partial charge on any atom is -0.619 e. The normalized spacial score (nSPS) is 8.64. The number of nitrogens with two attached hydrogens (primary N) is 2. The van der Waals surface area contributed by atoms with Crippen molar-refractivity contribution in [3.8, 4) is 35.0 Å². The Morgan fingerprint density at radius 3 is 1.29 bits per heavy atom. The summed E-state index contributed by atoms with van der Waals surface area (Å²) in [5.74, 6) is 2.62. The molecule has 9 N–H and O–H groups in total. The Bertz CT molecular complexity index is 3290. The van der Waals surface area contributed by atoms with E-state index in [1.165, 1.54) is 18.6 Å². The number of halogens is 14. The Kier molecular flexibility index (Phi) is 77.2. The molecule has 95 heavy (non-hydrogen) atoms. The van der Waals surface area contributed by atoms with Gasteiger partial charge in [-0.2, -0.15) is 13.1 Å². The van der Waals surface area contributed by atoms with Crippen LogP contribution in [0.15, 0.2) is 145 Å². The fraction of sp³-hybridized carbons (Fsp3) is 0.231. The van der Waals surface area contributed by atoms with E-state index >= 15 is 0 Å². The van der Waals surface area contributed by atoms with Gasteiger partial charge in [-0.3, -0.25) is 14.9 Å². The van der Waals surface area contributed by atoms with Crippen LogP contribution >= 0.6 is 161 Å². The molecule has 0 radical (unpaired) electrons. The van der Waals surface area contributed by atoms with Crippen molar-refractivity contribution in [2.75, 3.05) is 44.5 Å². The van der Waals surface area contributed by atoms with Crippen molar-refractivity contribution in [3.63, 3.8) is 0 Å². The first kappa shape index (κ1) is 109. The predicted molar refractivity (Wildman–Crippen MR) is 385 cm³/mol. The number of hydrogen-bond donors (Lipinski definition) is 5. The third-order valence-corrected chi connectivity index (χ3v) is 9.97. The Morgan fingerprint density at radius 2 is 0.958 bits per heavy atom. The van der Waals surface area contributed by atoms with Crippen LogP contribution in [0.1, 0.15) is 49.5 Å². The van der Waals surface area contributed by atoms with Crippen molar-refractivity contribution in [1.82, 2.24) is 41.0 Å². The van der Waals surface area contributed by atoms with E-state index in [-0.39, 0.29) is 97.4 Å². The zero-order valence-electron chi connectivity index (χ0n) is 49.1. The molecule has 8 aromatic heterocycles. The fourth-order valence-electron chi connectivity index (χ4n) is 4.55. The van der Waals surface area contributed by atoms with Crippen LogP contribution in [0.25, 0.3) is 0 Å². The molecule has 27 nitrogen and oxygen atoms in total. The fourth-order valence-corrected chi connectivity index (χ4v) is 5.78. The number of rotatable bonds is 11. The molecule has 0 unspecified atom stereocenters. The number of aromatic amines is 1. The summed E-state index contributed by atoms with van der Waals surface area (Å²) in [6.07, 6.45) is 12.8. The minimum absolute atomic E-state index is 0. The van der Waals surface area contributed by atoms with Gasteiger partial charge in [0.05, 0.1) is 77.6 Å². The molecule has 0 amide bonds. The van der Waals surface area contributed by atoms with Gasteiger partial charge in [-0.15, -0.1) is 30.2 Å². The molecule has 43 heteroatoms. The molecule has 0 saturated carbocycles. The van der Waals surface area contributed by atoms with Crippen LogP contribution < -0.4 is 81.1 Å². The average Bonchev–Trinajstić information content (AvgIpc) is 1.01. The van der Waals surface area contributed by atoms with Gasteiger partial charge in [0.25, 0.3) is 11.2 Å². The molecule has 0 saturated heterocycles. The molecular formula is C52H66Cl14N13NaO14S. The SMILES string of the molecule is C.C.CCOc1cc(Cl)c(Cl)cn1.CCOc1cc(Cl)ccn1.CCOc1cc(N)ccn1.CCOc1cc(OCC)c(Cl)cn1.Cl.Cl.ClCl.Clc1ccnc(Cl)c1.N.Nc1ccnc(Cl)c1.O=N[O-].O=S(=O)(Cl)Cl.O=[N+]([O-])c1cc[n+]([O-])cc1.O=c1cc(O)c(Cl)c[nH]1.[Na+]. The zero-order chi connectivity index (χ0) is 68.3. The number of nitrogen functional groups attached to an aromatic ring is 2.